The van der Waals surface area contributed by atoms with E-state index >= 15 is 0 Å². The summed E-state index contributed by atoms with van der Waals surface area (Å²) in [4.78, 5) is 4.51. The lowest BCUT2D eigenvalue weighted by atomic mass is 10.1. The topological polar surface area (TPSA) is 45.1 Å². The highest BCUT2D eigenvalue weighted by Crippen LogP contribution is 2.23. The van der Waals surface area contributed by atoms with E-state index in [9.17, 15) is 13.9 Å². The molecule has 0 saturated heterocycles. The fourth-order valence-corrected chi connectivity index (χ4v) is 3.20. The van der Waals surface area contributed by atoms with Gasteiger partial charge in [0.05, 0.1) is 17.4 Å². The molecule has 0 spiro atoms. The van der Waals surface area contributed by atoms with Gasteiger partial charge in [-0.3, -0.25) is 0 Å². The van der Waals surface area contributed by atoms with Gasteiger partial charge in [0.25, 0.3) is 0 Å². The summed E-state index contributed by atoms with van der Waals surface area (Å²) in [5.74, 6) is -1.49. The zero-order valence-electron chi connectivity index (χ0n) is 12.7. The van der Waals surface area contributed by atoms with Gasteiger partial charge in [-0.1, -0.05) is 36.4 Å². The van der Waals surface area contributed by atoms with Gasteiger partial charge in [0.1, 0.15) is 16.6 Å². The van der Waals surface area contributed by atoms with Gasteiger partial charge in [-0.15, -0.1) is 11.3 Å². The van der Waals surface area contributed by atoms with Crippen LogP contribution >= 0.6 is 11.3 Å². The molecule has 2 N–H and O–H groups in total. The van der Waals surface area contributed by atoms with Crippen molar-refractivity contribution in [2.24, 2.45) is 0 Å². The van der Waals surface area contributed by atoms with Crippen LogP contribution in [0.2, 0.25) is 0 Å². The SMILES string of the molecule is OC(CNCc1csc(-c2ccccc2)n1)c1c(F)cccc1F. The van der Waals surface area contributed by atoms with Crippen LogP contribution < -0.4 is 5.32 Å². The van der Waals surface area contributed by atoms with Gasteiger partial charge in [0.15, 0.2) is 0 Å². The van der Waals surface area contributed by atoms with Crippen molar-refractivity contribution < 1.29 is 13.9 Å². The zero-order chi connectivity index (χ0) is 16.9. The molecule has 24 heavy (non-hydrogen) atoms. The lowest BCUT2D eigenvalue weighted by Crippen LogP contribution is -2.22. The molecule has 1 heterocycles. The highest BCUT2D eigenvalue weighted by atomic mass is 32.1. The van der Waals surface area contributed by atoms with Crippen LogP contribution in [0, 0.1) is 11.6 Å². The third kappa shape index (κ3) is 3.84. The Balaban J connectivity index is 1.58. The summed E-state index contributed by atoms with van der Waals surface area (Å²) >= 11 is 1.53. The smallest absolute Gasteiger partial charge is 0.131 e. The maximum Gasteiger partial charge on any atom is 0.131 e. The third-order valence-electron chi connectivity index (χ3n) is 3.55. The van der Waals surface area contributed by atoms with Crippen LogP contribution in [-0.2, 0) is 6.54 Å². The largest absolute Gasteiger partial charge is 0.387 e. The second kappa shape index (κ2) is 7.61. The van der Waals surface area contributed by atoms with Crippen molar-refractivity contribution in [2.75, 3.05) is 6.54 Å². The number of thiazole rings is 1. The van der Waals surface area contributed by atoms with Crippen molar-refractivity contribution in [1.29, 1.82) is 0 Å². The average Bonchev–Trinajstić information content (AvgIpc) is 3.04. The van der Waals surface area contributed by atoms with Crippen LogP contribution in [0.4, 0.5) is 8.78 Å². The second-order valence-electron chi connectivity index (χ2n) is 5.29. The van der Waals surface area contributed by atoms with Crippen LogP contribution in [0.25, 0.3) is 10.6 Å². The molecule has 0 radical (unpaired) electrons. The van der Waals surface area contributed by atoms with Crippen LogP contribution in [0.1, 0.15) is 17.4 Å². The van der Waals surface area contributed by atoms with Crippen molar-refractivity contribution >= 4 is 11.3 Å². The number of aromatic nitrogens is 1. The Kier molecular flexibility index (Phi) is 5.30. The molecule has 1 aromatic heterocycles. The van der Waals surface area contributed by atoms with Crippen molar-refractivity contribution in [2.45, 2.75) is 12.6 Å². The summed E-state index contributed by atoms with van der Waals surface area (Å²) in [5, 5.41) is 15.8. The molecule has 6 heteroatoms. The number of rotatable bonds is 6. The molecule has 2 aromatic carbocycles. The molecular weight excluding hydrogens is 330 g/mol. The minimum Gasteiger partial charge on any atom is -0.387 e. The number of benzene rings is 2. The first-order valence-electron chi connectivity index (χ1n) is 7.47. The predicted molar refractivity (Wildman–Crippen MR) is 90.6 cm³/mol. The van der Waals surface area contributed by atoms with E-state index in [2.05, 4.69) is 10.3 Å². The van der Waals surface area contributed by atoms with Crippen molar-refractivity contribution in [1.82, 2.24) is 10.3 Å². The number of hydrogen-bond acceptors (Lipinski definition) is 4. The van der Waals surface area contributed by atoms with Crippen LogP contribution in [0.15, 0.2) is 53.9 Å². The molecule has 3 rings (SSSR count). The molecule has 3 nitrogen and oxygen atoms in total. The van der Waals surface area contributed by atoms with Gasteiger partial charge in [-0.2, -0.15) is 0 Å². The zero-order valence-corrected chi connectivity index (χ0v) is 13.6. The van der Waals surface area contributed by atoms with Gasteiger partial charge < -0.3 is 10.4 Å². The van der Waals surface area contributed by atoms with E-state index in [1.165, 1.54) is 17.4 Å². The fraction of sp³-hybridized carbons (Fsp3) is 0.167. The molecule has 1 atom stereocenters. The van der Waals surface area contributed by atoms with Crippen molar-refractivity contribution in [3.63, 3.8) is 0 Å². The fourth-order valence-electron chi connectivity index (χ4n) is 2.37. The second-order valence-corrected chi connectivity index (χ2v) is 6.15. The Hall–Kier alpha value is -2.15. The van der Waals surface area contributed by atoms with E-state index in [1.807, 2.05) is 35.7 Å². The highest BCUT2D eigenvalue weighted by Gasteiger charge is 2.17. The number of halogens is 2. The first kappa shape index (κ1) is 16.7. The summed E-state index contributed by atoms with van der Waals surface area (Å²) in [6.07, 6.45) is -1.25. The molecule has 0 bridgehead atoms. The van der Waals surface area contributed by atoms with E-state index < -0.39 is 17.7 Å². The maximum atomic E-state index is 13.6. The number of hydrogen-bond donors (Lipinski definition) is 2. The lowest BCUT2D eigenvalue weighted by Gasteiger charge is -2.13. The lowest BCUT2D eigenvalue weighted by molar-refractivity contribution is 0.164. The Bertz CT molecular complexity index is 788. The number of aliphatic hydroxyl groups excluding tert-OH is 1. The Labute approximate surface area is 142 Å². The number of nitrogens with zero attached hydrogens (tertiary/aromatic N) is 1. The van der Waals surface area contributed by atoms with Gasteiger partial charge in [0, 0.05) is 24.0 Å². The highest BCUT2D eigenvalue weighted by molar-refractivity contribution is 7.13. The molecule has 1 unspecified atom stereocenters. The summed E-state index contributed by atoms with van der Waals surface area (Å²) in [5.41, 5.74) is 1.55. The molecule has 0 fully saturated rings. The quantitative estimate of drug-likeness (QED) is 0.711. The van der Waals surface area contributed by atoms with E-state index in [0.29, 0.717) is 6.54 Å². The summed E-state index contributed by atoms with van der Waals surface area (Å²) in [6, 6.07) is 13.4. The van der Waals surface area contributed by atoms with Crippen LogP contribution in [0.3, 0.4) is 0 Å². The van der Waals surface area contributed by atoms with E-state index in [-0.39, 0.29) is 12.1 Å². The molecule has 0 saturated carbocycles. The minimum atomic E-state index is -1.25. The van der Waals surface area contributed by atoms with Crippen molar-refractivity contribution in [3.05, 3.63) is 76.8 Å². The third-order valence-corrected chi connectivity index (χ3v) is 4.49. The standard InChI is InChI=1S/C18H16F2N2OS/c19-14-7-4-8-15(20)17(14)16(23)10-21-9-13-11-24-18(22-13)12-5-2-1-3-6-12/h1-8,11,16,21,23H,9-10H2. The molecule has 3 aromatic rings. The molecule has 0 amide bonds. The van der Waals surface area contributed by atoms with Crippen molar-refractivity contribution in [3.8, 4) is 10.6 Å². The summed E-state index contributed by atoms with van der Waals surface area (Å²) in [6.45, 7) is 0.451. The van der Waals surface area contributed by atoms with Gasteiger partial charge in [-0.25, -0.2) is 13.8 Å². The van der Waals surface area contributed by atoms with Crippen LogP contribution in [0.5, 0.6) is 0 Å². The first-order valence-corrected chi connectivity index (χ1v) is 8.35. The monoisotopic (exact) mass is 346 g/mol. The molecule has 0 aliphatic carbocycles. The molecule has 124 valence electrons. The Morgan fingerprint density at radius 1 is 1.04 bits per heavy atom. The minimum absolute atomic E-state index is 0.0377. The normalized spacial score (nSPS) is 12.3. The summed E-state index contributed by atoms with van der Waals surface area (Å²) in [7, 11) is 0. The predicted octanol–water partition coefficient (Wildman–Crippen LogP) is 3.91. The average molecular weight is 346 g/mol. The first-order chi connectivity index (χ1) is 11.6. The molecule has 0 aliphatic rings. The number of nitrogens with one attached hydrogen (secondary N) is 1. The Morgan fingerprint density at radius 3 is 2.46 bits per heavy atom. The van der Waals surface area contributed by atoms with Gasteiger partial charge in [-0.05, 0) is 12.1 Å². The molecule has 0 aliphatic heterocycles. The van der Waals surface area contributed by atoms with Crippen LogP contribution in [-0.4, -0.2) is 16.6 Å². The van der Waals surface area contributed by atoms with E-state index in [4.69, 9.17) is 0 Å². The van der Waals surface area contributed by atoms with Gasteiger partial charge >= 0.3 is 0 Å². The maximum absolute atomic E-state index is 13.6. The number of aliphatic hydroxyl groups is 1. The Morgan fingerprint density at radius 2 is 1.75 bits per heavy atom. The summed E-state index contributed by atoms with van der Waals surface area (Å²) < 4.78 is 27.2. The molecular formula is C18H16F2N2OS. The van der Waals surface area contributed by atoms with E-state index in [0.717, 1.165) is 28.4 Å². The van der Waals surface area contributed by atoms with E-state index in [1.54, 1.807) is 0 Å². The van der Waals surface area contributed by atoms with Gasteiger partial charge in [0.2, 0.25) is 0 Å².